The quantitative estimate of drug-likeness (QED) is 0.352. The third kappa shape index (κ3) is 2.97. The Morgan fingerprint density at radius 2 is 1.79 bits per heavy atom. The van der Waals surface area contributed by atoms with E-state index in [0.29, 0.717) is 17.8 Å². The van der Waals surface area contributed by atoms with E-state index in [1.807, 2.05) is 7.11 Å². The molecule has 3 heteroatoms. The molecular weight excluding hydrogens is 408 g/mol. The molecule has 0 aromatic carbocycles. The molecule has 5 aliphatic rings. The summed E-state index contributed by atoms with van der Waals surface area (Å²) in [5.74, 6) is 3.91. The van der Waals surface area contributed by atoms with E-state index in [9.17, 15) is 5.11 Å². The Morgan fingerprint density at radius 1 is 1.06 bits per heavy atom. The monoisotopic (exact) mass is 458 g/mol. The van der Waals surface area contributed by atoms with Crippen LogP contribution in [0.3, 0.4) is 0 Å². The summed E-state index contributed by atoms with van der Waals surface area (Å²) < 4.78 is 13.6. The van der Waals surface area contributed by atoms with Crippen LogP contribution in [0.1, 0.15) is 99.3 Å². The van der Waals surface area contributed by atoms with Gasteiger partial charge in [0.15, 0.2) is 0 Å². The van der Waals surface area contributed by atoms with Gasteiger partial charge in [0, 0.05) is 12.5 Å². The summed E-state index contributed by atoms with van der Waals surface area (Å²) in [5, 5.41) is 10.6. The maximum absolute atomic E-state index is 10.6. The van der Waals surface area contributed by atoms with Crippen LogP contribution in [0.4, 0.5) is 0 Å². The minimum atomic E-state index is -0.329. The van der Waals surface area contributed by atoms with Gasteiger partial charge in [0.25, 0.3) is 0 Å². The average molecular weight is 459 g/mol. The number of methoxy groups -OCH3 is 1. The molecule has 33 heavy (non-hydrogen) atoms. The van der Waals surface area contributed by atoms with Crippen LogP contribution in [-0.4, -0.2) is 35.6 Å². The molecule has 1 heterocycles. The van der Waals surface area contributed by atoms with Crippen LogP contribution in [-0.2, 0) is 9.47 Å². The lowest BCUT2D eigenvalue weighted by atomic mass is 9.42. The smallest absolute Gasteiger partial charge is 0.127 e. The first kappa shape index (κ1) is 24.3. The van der Waals surface area contributed by atoms with Gasteiger partial charge in [-0.1, -0.05) is 61.0 Å². The maximum Gasteiger partial charge on any atom is 0.127 e. The number of hydrogen-bond acceptors (Lipinski definition) is 3. The summed E-state index contributed by atoms with van der Waals surface area (Å²) >= 11 is 0. The molecule has 0 unspecified atom stereocenters. The zero-order valence-electron chi connectivity index (χ0n) is 22.5. The Kier molecular flexibility index (Phi) is 5.75. The molecule has 0 bridgehead atoms. The van der Waals surface area contributed by atoms with Gasteiger partial charge in [-0.3, -0.25) is 0 Å². The fourth-order valence-corrected chi connectivity index (χ4v) is 10.1. The van der Waals surface area contributed by atoms with Crippen LogP contribution < -0.4 is 0 Å². The topological polar surface area (TPSA) is 42.0 Å². The van der Waals surface area contributed by atoms with Gasteiger partial charge in [-0.25, -0.2) is 0 Å². The number of aliphatic hydroxyl groups is 1. The molecule has 1 saturated heterocycles. The van der Waals surface area contributed by atoms with E-state index >= 15 is 0 Å². The van der Waals surface area contributed by atoms with E-state index in [1.165, 1.54) is 32.1 Å². The van der Waals surface area contributed by atoms with Gasteiger partial charge in [-0.15, -0.1) is 0 Å². The highest BCUT2D eigenvalue weighted by Gasteiger charge is 2.85. The predicted molar refractivity (Wildman–Crippen MR) is 134 cm³/mol. The molecule has 0 radical (unpaired) electrons. The van der Waals surface area contributed by atoms with Crippen molar-refractivity contribution >= 4 is 0 Å². The van der Waals surface area contributed by atoms with Gasteiger partial charge < -0.3 is 14.6 Å². The highest BCUT2D eigenvalue weighted by molar-refractivity contribution is 5.36. The highest BCUT2D eigenvalue weighted by Crippen LogP contribution is 2.78. The van der Waals surface area contributed by atoms with Crippen LogP contribution in [0.25, 0.3) is 0 Å². The first-order valence-corrected chi connectivity index (χ1v) is 14.1. The standard InChI is InChI=1S/C30H50O3/c1-18(2)19(3)9-10-20(4)22-11-16-29(32-8)28(22,7)15-13-25-27(6)14-12-24(31)21(5)23(27)17-26-30(25,29)33-26/h18-20,22-26,31H,5,9-17H2,1-4,6-8H3/t19-,20-,22-,23+,24+,25-,26+,27+,28-,29+,30-/m1/s1. The summed E-state index contributed by atoms with van der Waals surface area (Å²) in [6, 6.07) is 0. The minimum Gasteiger partial charge on any atom is -0.389 e. The molecule has 188 valence electrons. The van der Waals surface area contributed by atoms with Gasteiger partial charge in [-0.2, -0.15) is 0 Å². The van der Waals surface area contributed by atoms with Gasteiger partial charge in [-0.05, 0) is 91.4 Å². The van der Waals surface area contributed by atoms with Crippen molar-refractivity contribution in [1.29, 1.82) is 0 Å². The molecule has 0 amide bonds. The van der Waals surface area contributed by atoms with Crippen molar-refractivity contribution in [2.24, 2.45) is 46.3 Å². The third-order valence-corrected chi connectivity index (χ3v) is 12.5. The lowest BCUT2D eigenvalue weighted by molar-refractivity contribution is -0.218. The minimum absolute atomic E-state index is 0.123. The van der Waals surface area contributed by atoms with E-state index < -0.39 is 0 Å². The Morgan fingerprint density at radius 3 is 2.45 bits per heavy atom. The van der Waals surface area contributed by atoms with Crippen molar-refractivity contribution in [3.63, 3.8) is 0 Å². The van der Waals surface area contributed by atoms with Crippen molar-refractivity contribution in [2.75, 3.05) is 7.11 Å². The number of epoxide rings is 1. The molecule has 0 aromatic heterocycles. The Labute approximate surface area is 203 Å². The second kappa shape index (κ2) is 7.81. The first-order chi connectivity index (χ1) is 15.5. The molecule has 3 nitrogen and oxygen atoms in total. The van der Waals surface area contributed by atoms with Crippen molar-refractivity contribution in [2.45, 2.75) is 123 Å². The van der Waals surface area contributed by atoms with Crippen LogP contribution in [0.15, 0.2) is 12.2 Å². The Balaban J connectivity index is 1.44. The molecule has 1 aliphatic heterocycles. The second-order valence-corrected chi connectivity index (χ2v) is 13.8. The molecule has 0 aromatic rings. The molecular formula is C30H50O3. The SMILES string of the molecule is C=C1[C@@H](O)CC[C@]2(C)[C@H]3CC[C@]4(C)[C@@H]([C@H](C)CC[C@@H](C)C(C)C)CC[C@@]4(OC)[C@@]34O[C@H]4C[C@@H]12. The molecule has 4 saturated carbocycles. The van der Waals surface area contributed by atoms with E-state index in [0.717, 1.165) is 49.0 Å². The van der Waals surface area contributed by atoms with E-state index in [1.54, 1.807) is 0 Å². The average Bonchev–Trinajstić information content (AvgIpc) is 3.40. The van der Waals surface area contributed by atoms with E-state index in [4.69, 9.17) is 9.47 Å². The van der Waals surface area contributed by atoms with Crippen LogP contribution in [0, 0.1) is 46.3 Å². The lowest BCUT2D eigenvalue weighted by Crippen LogP contribution is -2.69. The molecule has 1 spiro atoms. The van der Waals surface area contributed by atoms with Crippen molar-refractivity contribution in [3.05, 3.63) is 12.2 Å². The predicted octanol–water partition coefficient (Wildman–Crippen LogP) is 6.78. The normalized spacial score (nSPS) is 52.5. The Bertz CT molecular complexity index is 791. The van der Waals surface area contributed by atoms with Gasteiger partial charge in [0.2, 0.25) is 0 Å². The molecule has 5 rings (SSSR count). The molecule has 11 atom stereocenters. The van der Waals surface area contributed by atoms with Crippen LogP contribution >= 0.6 is 0 Å². The van der Waals surface area contributed by atoms with Crippen LogP contribution in [0.5, 0.6) is 0 Å². The van der Waals surface area contributed by atoms with E-state index in [2.05, 4.69) is 48.1 Å². The largest absolute Gasteiger partial charge is 0.389 e. The maximum atomic E-state index is 10.6. The molecule has 4 aliphatic carbocycles. The van der Waals surface area contributed by atoms with Crippen molar-refractivity contribution < 1.29 is 14.6 Å². The van der Waals surface area contributed by atoms with Gasteiger partial charge in [0.05, 0.1) is 12.2 Å². The fourth-order valence-electron chi connectivity index (χ4n) is 10.1. The van der Waals surface area contributed by atoms with Gasteiger partial charge in [0.1, 0.15) is 11.2 Å². The molecule has 1 N–H and O–H groups in total. The number of ether oxygens (including phenoxy) is 2. The Hall–Kier alpha value is -0.380. The van der Waals surface area contributed by atoms with Crippen molar-refractivity contribution in [3.8, 4) is 0 Å². The summed E-state index contributed by atoms with van der Waals surface area (Å²) in [7, 11) is 1.99. The fraction of sp³-hybridized carbons (Fsp3) is 0.933. The molecule has 5 fully saturated rings. The number of aliphatic hydroxyl groups excluding tert-OH is 1. The number of hydrogen-bond donors (Lipinski definition) is 1. The summed E-state index contributed by atoms with van der Waals surface area (Å²) in [6.45, 7) is 19.1. The second-order valence-electron chi connectivity index (χ2n) is 13.8. The zero-order valence-corrected chi connectivity index (χ0v) is 22.5. The van der Waals surface area contributed by atoms with Gasteiger partial charge >= 0.3 is 0 Å². The highest BCUT2D eigenvalue weighted by atomic mass is 16.6. The summed E-state index contributed by atoms with van der Waals surface area (Å²) in [5.41, 5.74) is 1.14. The summed E-state index contributed by atoms with van der Waals surface area (Å²) in [6.07, 6.45) is 10.5. The van der Waals surface area contributed by atoms with Crippen molar-refractivity contribution in [1.82, 2.24) is 0 Å². The third-order valence-electron chi connectivity index (χ3n) is 12.5. The zero-order chi connectivity index (χ0) is 24.0. The number of rotatable bonds is 6. The van der Waals surface area contributed by atoms with Crippen LogP contribution in [0.2, 0.25) is 0 Å². The first-order valence-electron chi connectivity index (χ1n) is 14.1. The number of fused-ring (bicyclic) bond motifs is 3. The lowest BCUT2D eigenvalue weighted by Gasteiger charge is -2.63. The summed E-state index contributed by atoms with van der Waals surface area (Å²) in [4.78, 5) is 0. The van der Waals surface area contributed by atoms with E-state index in [-0.39, 0.29) is 34.2 Å².